The summed E-state index contributed by atoms with van der Waals surface area (Å²) in [6, 6.07) is 10.1. The fourth-order valence-corrected chi connectivity index (χ4v) is 5.17. The van der Waals surface area contributed by atoms with Crippen LogP contribution in [0.3, 0.4) is 0 Å². The molecule has 7 nitrogen and oxygen atoms in total. The van der Waals surface area contributed by atoms with E-state index in [-0.39, 0.29) is 11.3 Å². The van der Waals surface area contributed by atoms with Crippen molar-refractivity contribution in [2.45, 2.75) is 25.2 Å². The number of anilines is 1. The van der Waals surface area contributed by atoms with E-state index in [2.05, 4.69) is 37.0 Å². The lowest BCUT2D eigenvalue weighted by Gasteiger charge is -2.38. The minimum atomic E-state index is 0.146. The van der Waals surface area contributed by atoms with E-state index in [4.69, 9.17) is 4.52 Å². The molecule has 31 heavy (non-hydrogen) atoms. The Labute approximate surface area is 181 Å². The predicted molar refractivity (Wildman–Crippen MR) is 118 cm³/mol. The van der Waals surface area contributed by atoms with Crippen LogP contribution in [-0.2, 0) is 5.41 Å². The highest BCUT2D eigenvalue weighted by Crippen LogP contribution is 2.52. The van der Waals surface area contributed by atoms with Crippen molar-refractivity contribution < 1.29 is 9.32 Å². The van der Waals surface area contributed by atoms with E-state index in [0.717, 1.165) is 73.9 Å². The minimum Gasteiger partial charge on any atom is -0.354 e. The number of para-hydroxylation sites is 1. The topological polar surface area (TPSA) is 65.7 Å². The van der Waals surface area contributed by atoms with Crippen LogP contribution in [0.15, 0.2) is 41.1 Å². The third-order valence-corrected chi connectivity index (χ3v) is 7.19. The number of rotatable bonds is 4. The SMILES string of the molecule is Cc1cc2c(cn1)C(=O)N(CCN1CCN(c3noc4ccccc34)CC1)CC21CC1. The summed E-state index contributed by atoms with van der Waals surface area (Å²) in [5.74, 6) is 1.09. The predicted octanol–water partition coefficient (Wildman–Crippen LogP) is 2.84. The highest BCUT2D eigenvalue weighted by atomic mass is 16.5. The Balaban J connectivity index is 1.09. The van der Waals surface area contributed by atoms with E-state index in [9.17, 15) is 4.79 Å². The Kier molecular flexibility index (Phi) is 4.28. The molecule has 3 aromatic rings. The molecule has 4 heterocycles. The fourth-order valence-electron chi connectivity index (χ4n) is 5.17. The molecule has 1 amide bonds. The molecule has 0 unspecified atom stereocenters. The summed E-state index contributed by atoms with van der Waals surface area (Å²) in [6.45, 7) is 8.31. The number of aryl methyl sites for hydroxylation is 1. The number of amides is 1. The van der Waals surface area contributed by atoms with Crippen molar-refractivity contribution in [1.29, 1.82) is 0 Å². The van der Waals surface area contributed by atoms with Gasteiger partial charge in [-0.15, -0.1) is 0 Å². The first-order valence-corrected chi connectivity index (χ1v) is 11.2. The number of pyridine rings is 1. The second-order valence-corrected chi connectivity index (χ2v) is 9.21. The van der Waals surface area contributed by atoms with Crippen LogP contribution in [-0.4, -0.2) is 71.7 Å². The molecule has 0 N–H and O–H groups in total. The van der Waals surface area contributed by atoms with Crippen LogP contribution in [0.2, 0.25) is 0 Å². The lowest BCUT2D eigenvalue weighted by Crippen LogP contribution is -2.51. The van der Waals surface area contributed by atoms with Crippen molar-refractivity contribution in [3.05, 3.63) is 53.3 Å². The zero-order valence-corrected chi connectivity index (χ0v) is 17.9. The van der Waals surface area contributed by atoms with Gasteiger partial charge in [-0.1, -0.05) is 17.3 Å². The molecule has 2 aromatic heterocycles. The molecule has 0 atom stereocenters. The maximum absolute atomic E-state index is 13.1. The quantitative estimate of drug-likeness (QED) is 0.650. The van der Waals surface area contributed by atoms with Gasteiger partial charge in [0.1, 0.15) is 0 Å². The zero-order chi connectivity index (χ0) is 21.0. The Hall–Kier alpha value is -2.93. The van der Waals surface area contributed by atoms with Gasteiger partial charge >= 0.3 is 0 Å². The summed E-state index contributed by atoms with van der Waals surface area (Å²) in [4.78, 5) is 24.3. The smallest absolute Gasteiger partial charge is 0.255 e. The van der Waals surface area contributed by atoms with Gasteiger partial charge < -0.3 is 14.3 Å². The summed E-state index contributed by atoms with van der Waals surface area (Å²) in [6.07, 6.45) is 4.15. The maximum Gasteiger partial charge on any atom is 0.255 e. The van der Waals surface area contributed by atoms with E-state index in [1.807, 2.05) is 25.1 Å². The van der Waals surface area contributed by atoms with Gasteiger partial charge in [0, 0.05) is 63.1 Å². The monoisotopic (exact) mass is 417 g/mol. The van der Waals surface area contributed by atoms with Crippen molar-refractivity contribution in [2.24, 2.45) is 0 Å². The highest BCUT2D eigenvalue weighted by Gasteiger charge is 2.51. The third-order valence-electron chi connectivity index (χ3n) is 7.19. The molecule has 1 aromatic carbocycles. The van der Waals surface area contributed by atoms with Gasteiger partial charge in [0.05, 0.1) is 10.9 Å². The van der Waals surface area contributed by atoms with E-state index < -0.39 is 0 Å². The van der Waals surface area contributed by atoms with Gasteiger partial charge in [-0.05, 0) is 43.5 Å². The molecule has 0 radical (unpaired) electrons. The molecule has 0 bridgehead atoms. The molecular weight excluding hydrogens is 390 g/mol. The second kappa shape index (κ2) is 7.05. The Bertz CT molecular complexity index is 1140. The maximum atomic E-state index is 13.1. The third kappa shape index (κ3) is 3.19. The van der Waals surface area contributed by atoms with Crippen LogP contribution >= 0.6 is 0 Å². The first kappa shape index (κ1) is 18.8. The Morgan fingerprint density at radius 2 is 1.90 bits per heavy atom. The summed E-state index contributed by atoms with van der Waals surface area (Å²) < 4.78 is 5.47. The number of benzene rings is 1. The number of piperazine rings is 1. The van der Waals surface area contributed by atoms with Crippen LogP contribution in [0, 0.1) is 6.92 Å². The molecule has 1 saturated carbocycles. The van der Waals surface area contributed by atoms with E-state index in [0.29, 0.717) is 0 Å². The van der Waals surface area contributed by atoms with Crippen molar-refractivity contribution in [2.75, 3.05) is 50.7 Å². The van der Waals surface area contributed by atoms with Crippen LogP contribution < -0.4 is 4.90 Å². The van der Waals surface area contributed by atoms with Crippen LogP contribution in [0.5, 0.6) is 0 Å². The normalized spacial score (nSPS) is 20.5. The second-order valence-electron chi connectivity index (χ2n) is 9.21. The minimum absolute atomic E-state index is 0.146. The lowest BCUT2D eigenvalue weighted by atomic mass is 9.87. The average Bonchev–Trinajstić information content (AvgIpc) is 3.44. The van der Waals surface area contributed by atoms with E-state index >= 15 is 0 Å². The number of carbonyl (C=O) groups excluding carboxylic acids is 1. The van der Waals surface area contributed by atoms with Gasteiger partial charge in [0.2, 0.25) is 0 Å². The van der Waals surface area contributed by atoms with Crippen molar-refractivity contribution in [3.8, 4) is 0 Å². The lowest BCUT2D eigenvalue weighted by molar-refractivity contribution is 0.0687. The number of hydrogen-bond acceptors (Lipinski definition) is 6. The summed E-state index contributed by atoms with van der Waals surface area (Å²) in [5.41, 5.74) is 4.07. The molecule has 3 aliphatic rings. The van der Waals surface area contributed by atoms with Crippen molar-refractivity contribution >= 4 is 22.7 Å². The Morgan fingerprint density at radius 3 is 2.71 bits per heavy atom. The summed E-state index contributed by atoms with van der Waals surface area (Å²) in [5, 5.41) is 5.37. The van der Waals surface area contributed by atoms with Gasteiger partial charge in [0.25, 0.3) is 5.91 Å². The number of fused-ring (bicyclic) bond motifs is 3. The summed E-state index contributed by atoms with van der Waals surface area (Å²) in [7, 11) is 0. The van der Waals surface area contributed by atoms with Gasteiger partial charge in [-0.25, -0.2) is 0 Å². The van der Waals surface area contributed by atoms with Gasteiger partial charge in [-0.3, -0.25) is 14.7 Å². The molecule has 160 valence electrons. The standard InChI is InChI=1S/C24H27N5O2/c1-17-14-20-19(15-25-17)23(30)29(16-24(20)6-7-24)13-10-27-8-11-28(12-9-27)22-18-4-2-3-5-21(18)31-26-22/h2-5,14-15H,6-13,16H2,1H3. The summed E-state index contributed by atoms with van der Waals surface area (Å²) >= 11 is 0. The van der Waals surface area contributed by atoms with Gasteiger partial charge in [-0.2, -0.15) is 0 Å². The molecule has 1 saturated heterocycles. The number of aromatic nitrogens is 2. The zero-order valence-electron chi connectivity index (χ0n) is 17.9. The molecule has 2 aliphatic heterocycles. The first-order valence-electron chi connectivity index (χ1n) is 11.2. The van der Waals surface area contributed by atoms with Crippen LogP contribution in [0.4, 0.5) is 5.82 Å². The number of hydrogen-bond donors (Lipinski definition) is 0. The van der Waals surface area contributed by atoms with Crippen LogP contribution in [0.25, 0.3) is 11.0 Å². The molecule has 6 rings (SSSR count). The number of nitrogens with zero attached hydrogens (tertiary/aromatic N) is 5. The molecule has 1 aliphatic carbocycles. The molecular formula is C24H27N5O2. The van der Waals surface area contributed by atoms with E-state index in [1.54, 1.807) is 6.20 Å². The van der Waals surface area contributed by atoms with Crippen molar-refractivity contribution in [1.82, 2.24) is 19.9 Å². The molecule has 2 fully saturated rings. The van der Waals surface area contributed by atoms with Gasteiger partial charge in [0.15, 0.2) is 11.4 Å². The number of carbonyl (C=O) groups is 1. The molecule has 1 spiro atoms. The van der Waals surface area contributed by atoms with Crippen LogP contribution in [0.1, 0.15) is 34.5 Å². The Morgan fingerprint density at radius 1 is 1.10 bits per heavy atom. The van der Waals surface area contributed by atoms with Crippen molar-refractivity contribution in [3.63, 3.8) is 0 Å². The average molecular weight is 418 g/mol. The van der Waals surface area contributed by atoms with E-state index in [1.165, 1.54) is 18.4 Å². The largest absolute Gasteiger partial charge is 0.354 e. The highest BCUT2D eigenvalue weighted by molar-refractivity contribution is 5.97. The fraction of sp³-hybridized carbons (Fsp3) is 0.458. The first-order chi connectivity index (χ1) is 15.1. The molecule has 7 heteroatoms.